The van der Waals surface area contributed by atoms with Gasteiger partial charge in [0, 0.05) is 48.5 Å². The minimum atomic E-state index is -3.67. The molecule has 1 saturated heterocycles. The molecule has 4 unspecified atom stereocenters. The van der Waals surface area contributed by atoms with Gasteiger partial charge in [-0.15, -0.1) is 0 Å². The number of pyridine rings is 1. The molecule has 7 rings (SSSR count). The summed E-state index contributed by atoms with van der Waals surface area (Å²) in [7, 11) is -2.07. The van der Waals surface area contributed by atoms with Gasteiger partial charge in [-0.3, -0.25) is 18.9 Å². The molecular weight excluding hydrogens is 691 g/mol. The monoisotopic (exact) mass is 742 g/mol. The van der Waals surface area contributed by atoms with E-state index in [1.807, 2.05) is 60.7 Å². The summed E-state index contributed by atoms with van der Waals surface area (Å²) in [4.78, 5) is 59.8. The van der Waals surface area contributed by atoms with Crippen LogP contribution in [0.2, 0.25) is 0 Å². The molecule has 2 aliphatic carbocycles. The Kier molecular flexibility index (Phi) is 11.1. The van der Waals surface area contributed by atoms with Crippen molar-refractivity contribution in [3.8, 4) is 22.8 Å². The minimum absolute atomic E-state index is 0.0394. The van der Waals surface area contributed by atoms with Crippen molar-refractivity contribution in [2.24, 2.45) is 11.8 Å². The van der Waals surface area contributed by atoms with Crippen molar-refractivity contribution in [2.75, 3.05) is 20.3 Å². The zero-order valence-electron chi connectivity index (χ0n) is 30.8. The zero-order valence-corrected chi connectivity index (χ0v) is 31.7. The number of Topliss-reactive ketones (excluding diaryl/α,β-unsaturated/α-hetero) is 1. The first-order valence-electron chi connectivity index (χ1n) is 19.3. The molecule has 2 aromatic carbocycles. The lowest BCUT2D eigenvalue weighted by Gasteiger charge is -2.29. The Morgan fingerprint density at radius 1 is 1.00 bits per heavy atom. The molecule has 53 heavy (non-hydrogen) atoms. The molecule has 0 radical (unpaired) electrons. The molecule has 282 valence electrons. The molecule has 11 heteroatoms. The first kappa shape index (κ1) is 37.3. The fraction of sp³-hybridized carbons (Fsp3) is 0.524. The largest absolute Gasteiger partial charge is 0.497 e. The van der Waals surface area contributed by atoms with Crippen molar-refractivity contribution in [1.29, 1.82) is 0 Å². The Balaban J connectivity index is 1.21. The van der Waals surface area contributed by atoms with Gasteiger partial charge in [0.15, 0.2) is 5.78 Å². The van der Waals surface area contributed by atoms with Crippen molar-refractivity contribution >= 4 is 35.9 Å². The average Bonchev–Trinajstić information content (AvgIpc) is 3.41. The second-order valence-corrected chi connectivity index (χ2v) is 18.2. The Hall–Kier alpha value is -4.01. The third-order valence-corrected chi connectivity index (χ3v) is 14.1. The lowest BCUT2D eigenvalue weighted by Crippen LogP contribution is -2.45. The van der Waals surface area contributed by atoms with Gasteiger partial charge in [0.2, 0.25) is 13.3 Å². The van der Waals surface area contributed by atoms with E-state index in [9.17, 15) is 23.8 Å². The number of methoxy groups -OCH3 is 1. The Morgan fingerprint density at radius 3 is 2.53 bits per heavy atom. The maximum atomic E-state index is 14.6. The number of aromatic nitrogens is 1. The van der Waals surface area contributed by atoms with Crippen LogP contribution in [0.1, 0.15) is 83.5 Å². The lowest BCUT2D eigenvalue weighted by molar-refractivity contribution is -0.154. The predicted molar refractivity (Wildman–Crippen MR) is 203 cm³/mol. The fourth-order valence-electron chi connectivity index (χ4n) is 8.66. The number of nitrogens with zero attached hydrogens (tertiary/aromatic N) is 2. The van der Waals surface area contributed by atoms with Gasteiger partial charge in [-0.2, -0.15) is 0 Å². The predicted octanol–water partition coefficient (Wildman–Crippen LogP) is 7.89. The highest BCUT2D eigenvalue weighted by Gasteiger charge is 2.63. The van der Waals surface area contributed by atoms with Crippen molar-refractivity contribution in [1.82, 2.24) is 9.88 Å². The van der Waals surface area contributed by atoms with Crippen LogP contribution < -0.4 is 9.47 Å². The molecule has 3 fully saturated rings. The van der Waals surface area contributed by atoms with E-state index in [4.69, 9.17) is 19.2 Å². The van der Waals surface area contributed by atoms with Crippen molar-refractivity contribution < 1.29 is 38.1 Å². The molecular formula is C42H51N2O8P. The van der Waals surface area contributed by atoms with Gasteiger partial charge < -0.3 is 24.0 Å². The Labute approximate surface area is 311 Å². The number of carbonyl (C=O) groups is 3. The van der Waals surface area contributed by atoms with E-state index in [-0.39, 0.29) is 55.5 Å². The standard InChI is InChI=1S/C42H51N2O8P/c1-50-32-19-20-34-36(22-32)43-35(28-13-8-6-9-14-28)24-39(34)51-33-23-37-38(45)26-42(53(2,48)49)25-30(42)16-10-5-3-4-7-15-29(41(47)44(37)27-33)21-40(46)52-31-17-11-12-18-31/h6,8-10,13-14,16,19-20,22,24,29-31,33,37H,3-5,7,11-12,15,17-18,21,23,25-27H2,1-2H3,(H,48,49)/b16-10-/t29?,30?,33-,37?,42-/m1/s1. The molecule has 1 N–H and O–H groups in total. The number of hydrogen-bond acceptors (Lipinski definition) is 8. The molecule has 2 saturated carbocycles. The van der Waals surface area contributed by atoms with Gasteiger partial charge in [0.25, 0.3) is 0 Å². The third kappa shape index (κ3) is 8.24. The highest BCUT2D eigenvalue weighted by atomic mass is 31.2. The summed E-state index contributed by atoms with van der Waals surface area (Å²) in [5.41, 5.74) is 2.29. The van der Waals surface area contributed by atoms with Crippen molar-refractivity contribution in [2.45, 2.75) is 107 Å². The van der Waals surface area contributed by atoms with Crippen LogP contribution in [-0.4, -0.2) is 76.2 Å². The first-order valence-corrected chi connectivity index (χ1v) is 21.4. The van der Waals surface area contributed by atoms with Crippen LogP contribution in [-0.2, 0) is 23.7 Å². The highest BCUT2D eigenvalue weighted by molar-refractivity contribution is 7.59. The number of benzene rings is 2. The molecule has 6 atom stereocenters. The summed E-state index contributed by atoms with van der Waals surface area (Å²) >= 11 is 0. The summed E-state index contributed by atoms with van der Waals surface area (Å²) in [6.07, 6.45) is 11.6. The molecule has 4 aliphatic rings. The number of hydrogen-bond donors (Lipinski definition) is 1. The molecule has 10 nitrogen and oxygen atoms in total. The fourth-order valence-corrected chi connectivity index (χ4v) is 10.3. The lowest BCUT2D eigenvalue weighted by atomic mass is 9.94. The molecule has 1 aromatic heterocycles. The molecule has 3 heterocycles. The van der Waals surface area contributed by atoms with E-state index in [0.29, 0.717) is 35.6 Å². The number of esters is 1. The molecule has 3 aromatic rings. The van der Waals surface area contributed by atoms with Gasteiger partial charge in [0.1, 0.15) is 23.7 Å². The van der Waals surface area contributed by atoms with Crippen molar-refractivity contribution in [3.05, 3.63) is 66.7 Å². The third-order valence-electron chi connectivity index (χ3n) is 11.8. The van der Waals surface area contributed by atoms with Crippen LogP contribution in [0.3, 0.4) is 0 Å². The summed E-state index contributed by atoms with van der Waals surface area (Å²) in [6, 6.07) is 16.4. The van der Waals surface area contributed by atoms with Crippen LogP contribution in [0.15, 0.2) is 66.7 Å². The van der Waals surface area contributed by atoms with Crippen LogP contribution in [0, 0.1) is 11.8 Å². The quantitative estimate of drug-likeness (QED) is 0.139. The number of carbonyl (C=O) groups excluding carboxylic acids is 3. The van der Waals surface area contributed by atoms with E-state index >= 15 is 0 Å². The maximum Gasteiger partial charge on any atom is 0.306 e. The summed E-state index contributed by atoms with van der Waals surface area (Å²) < 4.78 is 31.4. The summed E-state index contributed by atoms with van der Waals surface area (Å²) in [6.45, 7) is 1.49. The summed E-state index contributed by atoms with van der Waals surface area (Å²) in [5, 5.41) is -0.275. The topological polar surface area (TPSA) is 132 Å². The SMILES string of the molecule is COc1ccc2c(O[C@@H]3CC4C(=O)C[C@]5(P(C)(=O)O)CC5/C=C\CCCCCC(CC(=O)OC5CCCC5)C(=O)N4C3)cc(-c3ccccc3)nc2c1. The van der Waals surface area contributed by atoms with Crippen molar-refractivity contribution in [3.63, 3.8) is 0 Å². The number of amides is 1. The van der Waals surface area contributed by atoms with Crippen LogP contribution >= 0.6 is 7.37 Å². The van der Waals surface area contributed by atoms with E-state index in [1.165, 1.54) is 6.66 Å². The van der Waals surface area contributed by atoms with E-state index in [2.05, 4.69) is 6.08 Å². The van der Waals surface area contributed by atoms with Gasteiger partial charge in [-0.25, -0.2) is 4.98 Å². The van der Waals surface area contributed by atoms with Gasteiger partial charge in [-0.1, -0.05) is 55.3 Å². The molecule has 0 bridgehead atoms. The minimum Gasteiger partial charge on any atom is -0.497 e. The number of ether oxygens (including phenoxy) is 3. The van der Waals surface area contributed by atoms with E-state index < -0.39 is 30.6 Å². The Morgan fingerprint density at radius 2 is 1.77 bits per heavy atom. The second kappa shape index (κ2) is 15.8. The van der Waals surface area contributed by atoms with E-state index in [0.717, 1.165) is 62.3 Å². The number of allylic oxidation sites excluding steroid dienone is 2. The molecule has 1 amide bonds. The highest BCUT2D eigenvalue weighted by Crippen LogP contribution is 2.71. The smallest absolute Gasteiger partial charge is 0.306 e. The van der Waals surface area contributed by atoms with Crippen LogP contribution in [0.5, 0.6) is 11.5 Å². The molecule has 0 spiro atoms. The number of fused-ring (bicyclic) bond motifs is 3. The maximum absolute atomic E-state index is 14.6. The number of ketones is 1. The normalized spacial score (nSPS) is 28.6. The Bertz CT molecular complexity index is 1900. The van der Waals surface area contributed by atoms with Gasteiger partial charge in [0.05, 0.1) is 42.5 Å². The zero-order chi connectivity index (χ0) is 37.2. The molecule has 2 aliphatic heterocycles. The van der Waals surface area contributed by atoms with Crippen LogP contribution in [0.25, 0.3) is 22.2 Å². The van der Waals surface area contributed by atoms with E-state index in [1.54, 1.807) is 12.0 Å². The van der Waals surface area contributed by atoms with Crippen LogP contribution in [0.4, 0.5) is 0 Å². The number of rotatable bonds is 8. The second-order valence-electron chi connectivity index (χ2n) is 15.5. The average molecular weight is 743 g/mol. The first-order chi connectivity index (χ1) is 25.5. The van der Waals surface area contributed by atoms with Gasteiger partial charge in [-0.05, 0) is 69.4 Å². The van der Waals surface area contributed by atoms with Gasteiger partial charge >= 0.3 is 5.97 Å². The summed E-state index contributed by atoms with van der Waals surface area (Å²) in [5.74, 6) is -0.456.